The molecule has 2 atom stereocenters. The molecule has 0 N–H and O–H groups in total. The lowest BCUT2D eigenvalue weighted by Crippen LogP contribution is -2.40. The Morgan fingerprint density at radius 3 is 2.95 bits per heavy atom. The molecule has 2 unspecified atom stereocenters. The van der Waals surface area contributed by atoms with Crippen LogP contribution in [0.3, 0.4) is 0 Å². The average molecular weight is 321 g/mol. The van der Waals surface area contributed by atoms with Gasteiger partial charge in [0, 0.05) is 60.2 Å². The fourth-order valence-corrected chi connectivity index (χ4v) is 4.25. The van der Waals surface area contributed by atoms with E-state index in [-0.39, 0.29) is 11.9 Å². The molecular formula is C16H20FN3OS. The fourth-order valence-electron chi connectivity index (χ4n) is 2.89. The summed E-state index contributed by atoms with van der Waals surface area (Å²) in [6.45, 7) is 3.29. The zero-order chi connectivity index (χ0) is 15.7. The first-order valence-electron chi connectivity index (χ1n) is 7.35. The topological polar surface area (TPSA) is 38.1 Å². The van der Waals surface area contributed by atoms with E-state index in [1.165, 1.54) is 6.07 Å². The van der Waals surface area contributed by atoms with Crippen LogP contribution < -0.4 is 0 Å². The Morgan fingerprint density at radius 1 is 1.45 bits per heavy atom. The maximum Gasteiger partial charge on any atom is 0.126 e. The summed E-state index contributed by atoms with van der Waals surface area (Å²) in [6.07, 6.45) is 3.83. The SMILES string of the molecule is Cc1cc(CN2CCS(=O)CC2c2cnn(C)c2)ccc1F. The van der Waals surface area contributed by atoms with Gasteiger partial charge in [0.2, 0.25) is 0 Å². The standard InChI is InChI=1S/C16H20FN3OS/c1-12-7-13(3-4-15(12)17)9-20-5-6-22(21)11-16(20)14-8-18-19(2)10-14/h3-4,7-8,10,16H,5-6,9,11H2,1-2H3. The van der Waals surface area contributed by atoms with Gasteiger partial charge < -0.3 is 0 Å². The van der Waals surface area contributed by atoms with Gasteiger partial charge in [0.1, 0.15) is 5.82 Å². The van der Waals surface area contributed by atoms with Crippen LogP contribution in [0, 0.1) is 12.7 Å². The first-order valence-corrected chi connectivity index (χ1v) is 8.84. The van der Waals surface area contributed by atoms with Gasteiger partial charge in [0.05, 0.1) is 6.20 Å². The summed E-state index contributed by atoms with van der Waals surface area (Å²) >= 11 is 0. The molecule has 0 spiro atoms. The van der Waals surface area contributed by atoms with E-state index in [1.807, 2.05) is 31.6 Å². The molecule has 1 aromatic heterocycles. The highest BCUT2D eigenvalue weighted by Crippen LogP contribution is 2.27. The maximum atomic E-state index is 13.4. The molecule has 6 heteroatoms. The van der Waals surface area contributed by atoms with Gasteiger partial charge in [-0.05, 0) is 24.1 Å². The minimum atomic E-state index is -0.787. The van der Waals surface area contributed by atoms with E-state index in [0.717, 1.165) is 24.2 Å². The van der Waals surface area contributed by atoms with E-state index >= 15 is 0 Å². The molecule has 22 heavy (non-hydrogen) atoms. The van der Waals surface area contributed by atoms with Crippen molar-refractivity contribution < 1.29 is 8.60 Å². The highest BCUT2D eigenvalue weighted by molar-refractivity contribution is 7.85. The summed E-state index contributed by atoms with van der Waals surface area (Å²) in [4.78, 5) is 2.31. The molecule has 0 bridgehead atoms. The van der Waals surface area contributed by atoms with Crippen LogP contribution in [-0.2, 0) is 24.4 Å². The number of rotatable bonds is 3. The second kappa shape index (κ2) is 6.30. The quantitative estimate of drug-likeness (QED) is 0.870. The molecule has 0 saturated carbocycles. The molecule has 1 aromatic carbocycles. The van der Waals surface area contributed by atoms with Crippen LogP contribution in [0.15, 0.2) is 30.6 Å². The number of aryl methyl sites for hydroxylation is 2. The third kappa shape index (κ3) is 3.28. The molecule has 1 aliphatic rings. The first-order chi connectivity index (χ1) is 10.5. The Labute approximate surface area is 132 Å². The van der Waals surface area contributed by atoms with Crippen molar-refractivity contribution in [2.45, 2.75) is 19.5 Å². The van der Waals surface area contributed by atoms with Crippen molar-refractivity contribution in [1.82, 2.24) is 14.7 Å². The molecule has 0 aliphatic carbocycles. The number of halogens is 1. The summed E-state index contributed by atoms with van der Waals surface area (Å²) < 4.78 is 27.1. The Kier molecular flexibility index (Phi) is 4.40. The van der Waals surface area contributed by atoms with Crippen molar-refractivity contribution in [2.24, 2.45) is 7.05 Å². The number of hydrogen-bond acceptors (Lipinski definition) is 3. The van der Waals surface area contributed by atoms with Gasteiger partial charge in [-0.2, -0.15) is 5.10 Å². The number of aromatic nitrogens is 2. The zero-order valence-corrected chi connectivity index (χ0v) is 13.6. The van der Waals surface area contributed by atoms with Gasteiger partial charge in [-0.1, -0.05) is 12.1 Å². The van der Waals surface area contributed by atoms with Crippen LogP contribution in [0.25, 0.3) is 0 Å². The van der Waals surface area contributed by atoms with Crippen LogP contribution >= 0.6 is 0 Å². The summed E-state index contributed by atoms with van der Waals surface area (Å²) in [6, 6.07) is 5.34. The normalized spacial score (nSPS) is 22.9. The summed E-state index contributed by atoms with van der Waals surface area (Å²) in [5, 5.41) is 4.23. The molecule has 1 saturated heterocycles. The van der Waals surface area contributed by atoms with Crippen LogP contribution in [-0.4, -0.2) is 36.9 Å². The first kappa shape index (κ1) is 15.4. The van der Waals surface area contributed by atoms with Crippen LogP contribution in [0.5, 0.6) is 0 Å². The van der Waals surface area contributed by atoms with E-state index in [1.54, 1.807) is 11.6 Å². The highest BCUT2D eigenvalue weighted by atomic mass is 32.2. The van der Waals surface area contributed by atoms with E-state index in [4.69, 9.17) is 0 Å². The third-order valence-electron chi connectivity index (χ3n) is 4.11. The van der Waals surface area contributed by atoms with Crippen molar-refractivity contribution in [1.29, 1.82) is 0 Å². The zero-order valence-electron chi connectivity index (χ0n) is 12.8. The van der Waals surface area contributed by atoms with Crippen molar-refractivity contribution in [2.75, 3.05) is 18.1 Å². The van der Waals surface area contributed by atoms with Crippen LogP contribution in [0.4, 0.5) is 4.39 Å². The highest BCUT2D eigenvalue weighted by Gasteiger charge is 2.28. The molecular weight excluding hydrogens is 301 g/mol. The maximum absolute atomic E-state index is 13.4. The monoisotopic (exact) mass is 321 g/mol. The molecule has 0 radical (unpaired) electrons. The number of hydrogen-bond donors (Lipinski definition) is 0. The summed E-state index contributed by atoms with van der Waals surface area (Å²) in [7, 11) is 1.10. The lowest BCUT2D eigenvalue weighted by atomic mass is 10.1. The third-order valence-corrected chi connectivity index (χ3v) is 5.43. The fraction of sp³-hybridized carbons (Fsp3) is 0.438. The largest absolute Gasteiger partial charge is 0.290 e. The predicted molar refractivity (Wildman–Crippen MR) is 85.4 cm³/mol. The van der Waals surface area contributed by atoms with E-state index < -0.39 is 10.8 Å². The smallest absolute Gasteiger partial charge is 0.126 e. The van der Waals surface area contributed by atoms with Crippen LogP contribution in [0.1, 0.15) is 22.7 Å². The average Bonchev–Trinajstić information content (AvgIpc) is 2.91. The molecule has 1 aliphatic heterocycles. The number of benzene rings is 1. The van der Waals surface area contributed by atoms with Crippen molar-refractivity contribution in [3.63, 3.8) is 0 Å². The molecule has 2 aromatic rings. The van der Waals surface area contributed by atoms with E-state index in [2.05, 4.69) is 10.00 Å². The van der Waals surface area contributed by atoms with Gasteiger partial charge in [-0.3, -0.25) is 13.8 Å². The van der Waals surface area contributed by atoms with E-state index in [0.29, 0.717) is 17.1 Å². The second-order valence-electron chi connectivity index (χ2n) is 5.83. The van der Waals surface area contributed by atoms with Gasteiger partial charge in [0.15, 0.2) is 0 Å². The van der Waals surface area contributed by atoms with Crippen molar-refractivity contribution in [3.8, 4) is 0 Å². The number of nitrogens with zero attached hydrogens (tertiary/aromatic N) is 3. The van der Waals surface area contributed by atoms with Crippen LogP contribution in [0.2, 0.25) is 0 Å². The Bertz CT molecular complexity index is 700. The van der Waals surface area contributed by atoms with Gasteiger partial charge in [-0.15, -0.1) is 0 Å². The molecule has 0 amide bonds. The summed E-state index contributed by atoms with van der Waals surface area (Å²) in [5.41, 5.74) is 2.84. The Hall–Kier alpha value is -1.53. The Balaban J connectivity index is 1.83. The molecule has 2 heterocycles. The molecule has 3 rings (SSSR count). The Morgan fingerprint density at radius 2 is 2.27 bits per heavy atom. The van der Waals surface area contributed by atoms with Gasteiger partial charge in [0.25, 0.3) is 0 Å². The summed E-state index contributed by atoms with van der Waals surface area (Å²) in [5.74, 6) is 1.15. The van der Waals surface area contributed by atoms with Crippen molar-refractivity contribution >= 4 is 10.8 Å². The second-order valence-corrected chi connectivity index (χ2v) is 7.45. The molecule has 4 nitrogen and oxygen atoms in total. The van der Waals surface area contributed by atoms with E-state index in [9.17, 15) is 8.60 Å². The molecule has 1 fully saturated rings. The lowest BCUT2D eigenvalue weighted by molar-refractivity contribution is 0.209. The van der Waals surface area contributed by atoms with Gasteiger partial charge >= 0.3 is 0 Å². The minimum absolute atomic E-state index is 0.105. The van der Waals surface area contributed by atoms with Gasteiger partial charge in [-0.25, -0.2) is 4.39 Å². The molecule has 118 valence electrons. The lowest BCUT2D eigenvalue weighted by Gasteiger charge is -2.34. The predicted octanol–water partition coefficient (Wildman–Crippen LogP) is 2.17. The van der Waals surface area contributed by atoms with Crippen molar-refractivity contribution in [3.05, 3.63) is 53.1 Å². The minimum Gasteiger partial charge on any atom is -0.290 e.